The highest BCUT2D eigenvalue weighted by Crippen LogP contribution is 2.52. The Balaban J connectivity index is 1.55. The molecule has 7 nitrogen and oxygen atoms in total. The van der Waals surface area contributed by atoms with Crippen LogP contribution in [0.4, 0.5) is 0 Å². The topological polar surface area (TPSA) is 77.1 Å². The Morgan fingerprint density at radius 1 is 1.06 bits per heavy atom. The number of ether oxygens (including phenoxy) is 3. The quantitative estimate of drug-likeness (QED) is 0.539. The Hall–Kier alpha value is -2.90. The lowest BCUT2D eigenvalue weighted by atomic mass is 9.71. The van der Waals surface area contributed by atoms with Crippen LogP contribution in [0.25, 0.3) is 0 Å². The Kier molecular flexibility index (Phi) is 8.32. The molecular weight excluding hydrogens is 456 g/mol. The summed E-state index contributed by atoms with van der Waals surface area (Å²) in [7, 11) is 3.29. The number of methoxy groups -OCH3 is 2. The van der Waals surface area contributed by atoms with Gasteiger partial charge >= 0.3 is 0 Å². The van der Waals surface area contributed by atoms with Crippen LogP contribution < -0.4 is 10.1 Å². The predicted octanol–water partition coefficient (Wildman–Crippen LogP) is 3.66. The summed E-state index contributed by atoms with van der Waals surface area (Å²) in [4.78, 5) is 27.9. The van der Waals surface area contributed by atoms with Crippen LogP contribution in [0, 0.1) is 5.92 Å². The van der Waals surface area contributed by atoms with E-state index in [1.807, 2.05) is 49.1 Å². The van der Waals surface area contributed by atoms with Crippen LogP contribution >= 0.6 is 0 Å². The van der Waals surface area contributed by atoms with E-state index in [1.54, 1.807) is 14.2 Å². The van der Waals surface area contributed by atoms with Crippen molar-refractivity contribution in [3.63, 3.8) is 0 Å². The van der Waals surface area contributed by atoms with Gasteiger partial charge in [0.05, 0.1) is 38.9 Å². The summed E-state index contributed by atoms with van der Waals surface area (Å²) in [6, 6.07) is 15.8. The highest BCUT2D eigenvalue weighted by Gasteiger charge is 2.54. The first-order valence-corrected chi connectivity index (χ1v) is 12.8. The Bertz CT molecular complexity index is 1060. The lowest BCUT2D eigenvalue weighted by Gasteiger charge is -2.44. The van der Waals surface area contributed by atoms with Crippen LogP contribution in [-0.4, -0.2) is 63.3 Å². The molecule has 2 aliphatic rings. The lowest BCUT2D eigenvalue weighted by Crippen LogP contribution is -2.52. The zero-order valence-corrected chi connectivity index (χ0v) is 21.8. The van der Waals surface area contributed by atoms with E-state index in [2.05, 4.69) is 23.5 Å². The highest BCUT2D eigenvalue weighted by molar-refractivity contribution is 5.80. The van der Waals surface area contributed by atoms with Crippen molar-refractivity contribution in [3.05, 3.63) is 65.2 Å². The second-order valence-electron chi connectivity index (χ2n) is 10.1. The molecule has 1 spiro atoms. The molecule has 0 bridgehead atoms. The minimum absolute atomic E-state index is 0.0121. The van der Waals surface area contributed by atoms with E-state index < -0.39 is 0 Å². The number of benzene rings is 2. The number of fused-ring (bicyclic) bond motifs is 2. The number of hydrogen-bond acceptors (Lipinski definition) is 5. The van der Waals surface area contributed by atoms with Crippen molar-refractivity contribution in [3.8, 4) is 5.75 Å². The monoisotopic (exact) mass is 494 g/mol. The molecule has 2 aromatic carbocycles. The van der Waals surface area contributed by atoms with Crippen molar-refractivity contribution in [1.29, 1.82) is 0 Å². The van der Waals surface area contributed by atoms with Gasteiger partial charge in [-0.2, -0.15) is 0 Å². The number of nitrogens with one attached hydrogen (secondary N) is 1. The van der Waals surface area contributed by atoms with Gasteiger partial charge in [0.25, 0.3) is 0 Å². The average molecular weight is 495 g/mol. The number of carbonyl (C=O) groups excluding carboxylic acids is 2. The van der Waals surface area contributed by atoms with Gasteiger partial charge in [-0.05, 0) is 41.7 Å². The molecule has 2 amide bonds. The van der Waals surface area contributed by atoms with Gasteiger partial charge in [-0.25, -0.2) is 0 Å². The predicted molar refractivity (Wildman–Crippen MR) is 138 cm³/mol. The number of likely N-dealkylation sites (tertiary alicyclic amines) is 1. The van der Waals surface area contributed by atoms with Crippen LogP contribution in [-0.2, 0) is 30.9 Å². The molecule has 1 aliphatic heterocycles. The Morgan fingerprint density at radius 2 is 1.81 bits per heavy atom. The molecule has 1 N–H and O–H groups in total. The van der Waals surface area contributed by atoms with Crippen LogP contribution in [0.15, 0.2) is 48.5 Å². The fraction of sp³-hybridized carbons (Fsp3) is 0.517. The van der Waals surface area contributed by atoms with Crippen molar-refractivity contribution < 1.29 is 23.8 Å². The van der Waals surface area contributed by atoms with Crippen LogP contribution in [0.2, 0.25) is 0 Å². The summed E-state index contributed by atoms with van der Waals surface area (Å²) >= 11 is 0. The summed E-state index contributed by atoms with van der Waals surface area (Å²) in [5.74, 6) is 0.763. The van der Waals surface area contributed by atoms with Crippen LogP contribution in [0.5, 0.6) is 5.75 Å². The van der Waals surface area contributed by atoms with Crippen LogP contribution in [0.1, 0.15) is 49.4 Å². The first kappa shape index (κ1) is 26.2. The maximum Gasteiger partial charge on any atom is 0.226 e. The minimum atomic E-state index is -0.272. The lowest BCUT2D eigenvalue weighted by molar-refractivity contribution is -0.134. The Morgan fingerprint density at radius 3 is 2.50 bits per heavy atom. The molecule has 2 aromatic rings. The molecular formula is C29H38N2O5. The minimum Gasteiger partial charge on any atom is -0.497 e. The third-order valence-corrected chi connectivity index (χ3v) is 7.58. The van der Waals surface area contributed by atoms with Gasteiger partial charge in [-0.15, -0.1) is 0 Å². The molecule has 2 atom stereocenters. The number of nitrogens with zero attached hydrogens (tertiary/aromatic N) is 1. The highest BCUT2D eigenvalue weighted by atomic mass is 16.5. The van der Waals surface area contributed by atoms with Gasteiger partial charge in [0.2, 0.25) is 11.8 Å². The van der Waals surface area contributed by atoms with Gasteiger partial charge in [0.15, 0.2) is 0 Å². The second kappa shape index (κ2) is 11.4. The summed E-state index contributed by atoms with van der Waals surface area (Å²) < 4.78 is 17.0. The van der Waals surface area contributed by atoms with Crippen LogP contribution in [0.3, 0.4) is 0 Å². The van der Waals surface area contributed by atoms with E-state index in [1.165, 1.54) is 5.56 Å². The standard InChI is InChI=1S/C29H38N2O5/c1-20(2)28(33)30-26-23-10-5-6-11-24(23)29(27(26)36-17-16-34-3)12-14-31(15-13-29)25(32)19-21-8-7-9-22(18-21)35-4/h5-11,18,20,26-27H,12-17,19H2,1-4H3,(H,30,33)/t26-,27+/m1/s1. The number of piperidine rings is 1. The van der Waals surface area contributed by atoms with Gasteiger partial charge in [0, 0.05) is 31.5 Å². The molecule has 1 heterocycles. The zero-order valence-electron chi connectivity index (χ0n) is 21.8. The molecule has 1 aliphatic carbocycles. The average Bonchev–Trinajstić information content (AvgIpc) is 3.13. The van der Waals surface area contributed by atoms with Gasteiger partial charge in [0.1, 0.15) is 5.75 Å². The number of hydrogen-bond donors (Lipinski definition) is 1. The normalized spacial score (nSPS) is 20.4. The summed E-state index contributed by atoms with van der Waals surface area (Å²) in [6.07, 6.45) is 1.68. The Labute approximate surface area is 214 Å². The molecule has 0 saturated carbocycles. The van der Waals surface area contributed by atoms with E-state index in [0.717, 1.165) is 29.7 Å². The molecule has 36 heavy (non-hydrogen) atoms. The molecule has 0 aromatic heterocycles. The van der Waals surface area contributed by atoms with E-state index in [0.29, 0.717) is 32.7 Å². The number of carbonyl (C=O) groups is 2. The van der Waals surface area contributed by atoms with E-state index in [4.69, 9.17) is 14.2 Å². The first-order valence-electron chi connectivity index (χ1n) is 12.8. The summed E-state index contributed by atoms with van der Waals surface area (Å²) in [5.41, 5.74) is 3.01. The van der Waals surface area contributed by atoms with Gasteiger partial charge in [-0.1, -0.05) is 50.2 Å². The van der Waals surface area contributed by atoms with Crippen molar-refractivity contribution in [1.82, 2.24) is 10.2 Å². The summed E-state index contributed by atoms with van der Waals surface area (Å²) in [6.45, 7) is 6.03. The molecule has 1 fully saturated rings. The SMILES string of the molecule is COCCO[C@H]1[C@H](NC(=O)C(C)C)c2ccccc2C12CCN(C(=O)Cc1cccc(OC)c1)CC2. The van der Waals surface area contributed by atoms with Crippen molar-refractivity contribution in [2.45, 2.75) is 50.7 Å². The van der Waals surface area contributed by atoms with Gasteiger partial charge < -0.3 is 24.4 Å². The molecule has 0 unspecified atom stereocenters. The largest absolute Gasteiger partial charge is 0.497 e. The van der Waals surface area contributed by atoms with Gasteiger partial charge in [-0.3, -0.25) is 9.59 Å². The molecule has 1 saturated heterocycles. The molecule has 4 rings (SSSR count). The third kappa shape index (κ3) is 5.27. The van der Waals surface area contributed by atoms with Crippen molar-refractivity contribution >= 4 is 11.8 Å². The maximum absolute atomic E-state index is 13.2. The first-order chi connectivity index (χ1) is 17.4. The fourth-order valence-corrected chi connectivity index (χ4v) is 5.62. The van der Waals surface area contributed by atoms with E-state index >= 15 is 0 Å². The van der Waals surface area contributed by atoms with E-state index in [9.17, 15) is 9.59 Å². The molecule has 194 valence electrons. The summed E-state index contributed by atoms with van der Waals surface area (Å²) in [5, 5.41) is 3.26. The molecule has 7 heteroatoms. The maximum atomic E-state index is 13.2. The van der Waals surface area contributed by atoms with Crippen molar-refractivity contribution in [2.75, 3.05) is 40.5 Å². The van der Waals surface area contributed by atoms with E-state index in [-0.39, 0.29) is 35.3 Å². The second-order valence-corrected chi connectivity index (χ2v) is 10.1. The number of amides is 2. The smallest absolute Gasteiger partial charge is 0.226 e. The molecule has 0 radical (unpaired) electrons. The number of rotatable bonds is 9. The fourth-order valence-electron chi connectivity index (χ4n) is 5.62. The zero-order chi connectivity index (χ0) is 25.7. The third-order valence-electron chi connectivity index (χ3n) is 7.58. The van der Waals surface area contributed by atoms with Crippen molar-refractivity contribution in [2.24, 2.45) is 5.92 Å².